The second kappa shape index (κ2) is 5.93. The molecule has 1 saturated heterocycles. The van der Waals surface area contributed by atoms with Gasteiger partial charge >= 0.3 is 5.91 Å². The molecule has 1 atom stereocenters. The Morgan fingerprint density at radius 1 is 1.36 bits per heavy atom. The number of nitrogens with one attached hydrogen (secondary N) is 1. The molecule has 1 fully saturated rings. The average molecular weight is 341 g/mol. The fraction of sp³-hybridized carbons (Fsp3) is 0.350. The van der Waals surface area contributed by atoms with Gasteiger partial charge < -0.3 is 9.73 Å². The predicted octanol–water partition coefficient (Wildman–Crippen LogP) is 3.39. The first-order chi connectivity index (χ1) is 12.1. The normalized spacial score (nSPS) is 24.2. The highest BCUT2D eigenvalue weighted by atomic mass is 19.1. The first kappa shape index (κ1) is 16.2. The number of rotatable bonds is 3. The van der Waals surface area contributed by atoms with Crippen molar-refractivity contribution in [1.29, 1.82) is 0 Å². The van der Waals surface area contributed by atoms with Crippen molar-refractivity contribution in [3.8, 4) is 0 Å². The third-order valence-corrected chi connectivity index (χ3v) is 5.69. The molecule has 2 aliphatic heterocycles. The molecule has 0 aliphatic carbocycles. The summed E-state index contributed by atoms with van der Waals surface area (Å²) in [5.74, 6) is -0.00279. The number of hydrogen-bond donors (Lipinski definition) is 1. The van der Waals surface area contributed by atoms with Crippen molar-refractivity contribution in [3.63, 3.8) is 0 Å². The summed E-state index contributed by atoms with van der Waals surface area (Å²) in [6.07, 6.45) is 5.08. The average Bonchev–Trinajstić information content (AvgIpc) is 3.23. The van der Waals surface area contributed by atoms with E-state index in [0.717, 1.165) is 37.2 Å². The fourth-order valence-corrected chi connectivity index (χ4v) is 4.58. The van der Waals surface area contributed by atoms with Crippen LogP contribution in [0.5, 0.6) is 0 Å². The Morgan fingerprint density at radius 2 is 2.16 bits per heavy atom. The lowest BCUT2D eigenvalue weighted by atomic mass is 9.74. The van der Waals surface area contributed by atoms with Gasteiger partial charge in [-0.05, 0) is 56.3 Å². The molecule has 4 nitrogen and oxygen atoms in total. The van der Waals surface area contributed by atoms with Crippen LogP contribution in [-0.2, 0) is 5.41 Å². The van der Waals surface area contributed by atoms with Gasteiger partial charge in [-0.2, -0.15) is 0 Å². The Bertz CT molecular complexity index is 809. The Labute approximate surface area is 146 Å². The summed E-state index contributed by atoms with van der Waals surface area (Å²) in [7, 11) is 0. The minimum atomic E-state index is -0.249. The molecule has 1 aromatic carbocycles. The minimum absolute atomic E-state index is 0.0897. The molecule has 2 aromatic rings. The highest BCUT2D eigenvalue weighted by Gasteiger charge is 2.57. The first-order valence-corrected chi connectivity index (χ1v) is 8.69. The van der Waals surface area contributed by atoms with E-state index in [1.165, 1.54) is 12.3 Å². The zero-order chi connectivity index (χ0) is 17.5. The molecule has 3 heterocycles. The van der Waals surface area contributed by atoms with Crippen LogP contribution < -0.4 is 9.80 Å². The van der Waals surface area contributed by atoms with Gasteiger partial charge in [0.05, 0.1) is 11.7 Å². The second-order valence-electron chi connectivity index (χ2n) is 7.07. The Morgan fingerprint density at radius 3 is 2.84 bits per heavy atom. The molecule has 0 bridgehead atoms. The lowest BCUT2D eigenvalue weighted by molar-refractivity contribution is 0.0728. The van der Waals surface area contributed by atoms with E-state index < -0.39 is 0 Å². The second-order valence-corrected chi connectivity index (χ2v) is 7.07. The zero-order valence-electron chi connectivity index (χ0n) is 14.1. The molecule has 5 heteroatoms. The summed E-state index contributed by atoms with van der Waals surface area (Å²) in [4.78, 5) is 13.4. The summed E-state index contributed by atoms with van der Waals surface area (Å²) in [6, 6.07) is 8.26. The number of amides is 1. The van der Waals surface area contributed by atoms with E-state index in [4.69, 9.17) is 4.42 Å². The topological polar surface area (TPSA) is 42.2 Å². The maximum atomic E-state index is 14.1. The number of nitrogens with zero attached hydrogens (tertiary/aromatic N) is 1. The molecule has 1 aromatic heterocycles. The summed E-state index contributed by atoms with van der Waals surface area (Å²) in [5.41, 5.74) is 1.66. The zero-order valence-corrected chi connectivity index (χ0v) is 14.1. The maximum Gasteiger partial charge on any atom is 0.386 e. The van der Waals surface area contributed by atoms with Crippen molar-refractivity contribution in [1.82, 2.24) is 9.80 Å². The molecule has 0 saturated carbocycles. The van der Waals surface area contributed by atoms with Gasteiger partial charge in [0.25, 0.3) is 0 Å². The van der Waals surface area contributed by atoms with Crippen molar-refractivity contribution >= 4 is 11.6 Å². The number of piperidine rings is 1. The van der Waals surface area contributed by atoms with E-state index in [1.54, 1.807) is 30.3 Å². The van der Waals surface area contributed by atoms with Crippen molar-refractivity contribution in [2.24, 2.45) is 0 Å². The summed E-state index contributed by atoms with van der Waals surface area (Å²) < 4.78 is 19.6. The monoisotopic (exact) mass is 341 g/mol. The van der Waals surface area contributed by atoms with Crippen LogP contribution in [0.4, 0.5) is 10.1 Å². The number of halogens is 1. The van der Waals surface area contributed by atoms with Gasteiger partial charge in [-0.15, -0.1) is 0 Å². The number of quaternary nitrogens is 1. The molecule has 25 heavy (non-hydrogen) atoms. The molecular weight excluding hydrogens is 319 g/mol. The summed E-state index contributed by atoms with van der Waals surface area (Å²) in [5, 5.41) is 3.37. The summed E-state index contributed by atoms with van der Waals surface area (Å²) >= 11 is 0. The van der Waals surface area contributed by atoms with E-state index in [-0.39, 0.29) is 21.6 Å². The highest BCUT2D eigenvalue weighted by molar-refractivity contribution is 6.02. The molecular formula is C20H22FN2O2+. The number of furan rings is 1. The van der Waals surface area contributed by atoms with E-state index in [2.05, 4.69) is 11.9 Å². The van der Waals surface area contributed by atoms with Gasteiger partial charge in [0.2, 0.25) is 5.76 Å². The van der Waals surface area contributed by atoms with Crippen LogP contribution in [0, 0.1) is 5.82 Å². The Hall–Kier alpha value is -2.24. The Balaban J connectivity index is 1.91. The van der Waals surface area contributed by atoms with Crippen LogP contribution >= 0.6 is 0 Å². The van der Waals surface area contributed by atoms with Crippen LogP contribution in [0.25, 0.3) is 0 Å². The van der Waals surface area contributed by atoms with Gasteiger partial charge in [-0.1, -0.05) is 6.58 Å². The number of fused-ring (bicyclic) bond motifs is 2. The van der Waals surface area contributed by atoms with Gasteiger partial charge in [0, 0.05) is 11.6 Å². The van der Waals surface area contributed by atoms with E-state index >= 15 is 0 Å². The van der Waals surface area contributed by atoms with Gasteiger partial charge in [-0.3, -0.25) is 0 Å². The summed E-state index contributed by atoms with van der Waals surface area (Å²) in [6.45, 7) is 6.71. The van der Waals surface area contributed by atoms with Crippen LogP contribution in [0.3, 0.4) is 0 Å². The Kier molecular flexibility index (Phi) is 3.85. The van der Waals surface area contributed by atoms with Crippen molar-refractivity contribution in [3.05, 3.63) is 66.4 Å². The van der Waals surface area contributed by atoms with Crippen molar-refractivity contribution < 1.29 is 13.6 Å². The molecule has 1 unspecified atom stereocenters. The van der Waals surface area contributed by atoms with Crippen LogP contribution in [0.1, 0.15) is 29.0 Å². The van der Waals surface area contributed by atoms with Crippen LogP contribution in [-0.4, -0.2) is 32.1 Å². The lowest BCUT2D eigenvalue weighted by Gasteiger charge is -2.36. The van der Waals surface area contributed by atoms with Gasteiger partial charge in [-0.25, -0.2) is 13.7 Å². The van der Waals surface area contributed by atoms with Crippen molar-refractivity contribution in [2.45, 2.75) is 18.3 Å². The molecule has 4 rings (SSSR count). The van der Waals surface area contributed by atoms with Crippen LogP contribution in [0.2, 0.25) is 0 Å². The minimum Gasteiger partial charge on any atom is -0.455 e. The third-order valence-electron chi connectivity index (χ3n) is 5.69. The lowest BCUT2D eigenvalue weighted by Crippen LogP contribution is -2.57. The number of carbonyl (C=O) groups is 1. The quantitative estimate of drug-likeness (QED) is 0.687. The number of carbonyl (C=O) groups excluding carboxylic acids is 1. The smallest absolute Gasteiger partial charge is 0.386 e. The number of hydrogen-bond acceptors (Lipinski definition) is 3. The van der Waals surface area contributed by atoms with Gasteiger partial charge in [0.15, 0.2) is 0 Å². The predicted molar refractivity (Wildman–Crippen MR) is 94.9 cm³/mol. The third kappa shape index (κ3) is 2.38. The maximum absolute atomic E-state index is 14.1. The molecule has 2 aliphatic rings. The highest BCUT2D eigenvalue weighted by Crippen LogP contribution is 2.50. The van der Waals surface area contributed by atoms with E-state index in [0.29, 0.717) is 18.8 Å². The number of benzene rings is 1. The molecule has 0 radical (unpaired) electrons. The van der Waals surface area contributed by atoms with E-state index in [9.17, 15) is 9.18 Å². The van der Waals surface area contributed by atoms with E-state index in [1.807, 2.05) is 0 Å². The molecule has 130 valence electrons. The van der Waals surface area contributed by atoms with Crippen LogP contribution in [0.15, 0.2) is 53.7 Å². The standard InChI is InChI=1S/C20H22FN2O2/c1-2-11-23(19(24)18-4-3-12-25-18)14-20(7-9-22-10-8-20)16-13-15(21)5-6-17(16)23/h2-6,12-13,22H,1,7-11,14H2/q+1. The SMILES string of the molecule is C=CC[N+]1(C(=O)c2ccco2)CC2(CCNCC2)c2cc(F)ccc21. The fourth-order valence-electron chi connectivity index (χ4n) is 4.58. The first-order valence-electron chi connectivity index (χ1n) is 8.69. The molecule has 1 N–H and O–H groups in total. The molecule has 1 amide bonds. The largest absolute Gasteiger partial charge is 0.455 e. The van der Waals surface area contributed by atoms with Gasteiger partial charge in [0.1, 0.15) is 24.6 Å². The molecule has 1 spiro atoms. The van der Waals surface area contributed by atoms with Crippen molar-refractivity contribution in [2.75, 3.05) is 26.2 Å².